The Morgan fingerprint density at radius 1 is 1.10 bits per heavy atom. The Balaban J connectivity index is 0.000000783. The number of anilines is 1. The van der Waals surface area contributed by atoms with Crippen molar-refractivity contribution in [2.75, 3.05) is 24.2 Å². The number of hydrogen-bond acceptors (Lipinski definition) is 7. The van der Waals surface area contributed by atoms with Gasteiger partial charge in [-0.05, 0) is 52.2 Å². The average Bonchev–Trinajstić information content (AvgIpc) is 3.36. The van der Waals surface area contributed by atoms with Crippen LogP contribution in [0.25, 0.3) is 11.1 Å². The fourth-order valence-electron chi connectivity index (χ4n) is 3.26. The van der Waals surface area contributed by atoms with E-state index in [1.54, 1.807) is 12.6 Å². The Morgan fingerprint density at radius 2 is 1.68 bits per heavy atom. The number of fused-ring (bicyclic) bond motifs is 1. The topological polar surface area (TPSA) is 59.2 Å². The molecule has 6 nitrogen and oxygen atoms in total. The summed E-state index contributed by atoms with van der Waals surface area (Å²) in [5.41, 5.74) is 3.37. The first kappa shape index (κ1) is 39.6. The van der Waals surface area contributed by atoms with Gasteiger partial charge in [0.15, 0.2) is 11.6 Å². The van der Waals surface area contributed by atoms with Gasteiger partial charge >= 0.3 is 29.6 Å². The van der Waals surface area contributed by atoms with Crippen LogP contribution in [0.5, 0.6) is 0 Å². The third-order valence-corrected chi connectivity index (χ3v) is 5.37. The van der Waals surface area contributed by atoms with Gasteiger partial charge in [0.1, 0.15) is 11.8 Å². The van der Waals surface area contributed by atoms with Crippen LogP contribution in [0.4, 0.5) is 10.2 Å². The number of aromatic nitrogens is 5. The third kappa shape index (κ3) is 15.0. The molecule has 0 radical (unpaired) electrons. The SMILES string of the molecule is CC.CC(C)(C)[S-].CCc1cnc(C2=CCN(c3ncnn4cc(Br)cc34)CC2)nc1.CS.Fc1cc[c-]cc1.[Na+]. The summed E-state index contributed by atoms with van der Waals surface area (Å²) >= 11 is 11.9. The normalized spacial score (nSPS) is 12.0. The van der Waals surface area contributed by atoms with Crippen LogP contribution in [0, 0.1) is 11.9 Å². The zero-order chi connectivity index (χ0) is 30.1. The minimum atomic E-state index is -0.209. The first-order valence-electron chi connectivity index (χ1n) is 13.1. The maximum Gasteiger partial charge on any atom is 1.00 e. The Kier molecular flexibility index (Phi) is 20.5. The molecule has 1 aliphatic rings. The first-order valence-corrected chi connectivity index (χ1v) is 15.2. The van der Waals surface area contributed by atoms with Crippen molar-refractivity contribution in [1.82, 2.24) is 24.6 Å². The molecule has 0 spiro atoms. The van der Waals surface area contributed by atoms with Crippen LogP contribution in [0.2, 0.25) is 0 Å². The smallest absolute Gasteiger partial charge is 0.787 e. The van der Waals surface area contributed by atoms with Crippen molar-refractivity contribution in [3.8, 4) is 0 Å². The largest absolute Gasteiger partial charge is 1.00 e. The van der Waals surface area contributed by atoms with Gasteiger partial charge < -0.3 is 17.5 Å². The zero-order valence-electron chi connectivity index (χ0n) is 25.4. The summed E-state index contributed by atoms with van der Waals surface area (Å²) < 4.78 is 14.8. The van der Waals surface area contributed by atoms with E-state index in [9.17, 15) is 4.39 Å². The number of thiol groups is 1. The molecule has 0 aliphatic carbocycles. The predicted octanol–water partition coefficient (Wildman–Crippen LogP) is 4.67. The van der Waals surface area contributed by atoms with Crippen LogP contribution in [0.1, 0.15) is 59.4 Å². The molecule has 0 saturated carbocycles. The average molecular weight is 671 g/mol. The van der Waals surface area contributed by atoms with Crippen LogP contribution in [0.15, 0.2) is 65.8 Å². The molecule has 0 unspecified atom stereocenters. The molecule has 0 atom stereocenters. The van der Waals surface area contributed by atoms with Gasteiger partial charge in [-0.1, -0.05) is 47.6 Å². The van der Waals surface area contributed by atoms with Crippen LogP contribution in [0.3, 0.4) is 0 Å². The van der Waals surface area contributed by atoms with Crippen molar-refractivity contribution in [2.24, 2.45) is 0 Å². The van der Waals surface area contributed by atoms with Gasteiger partial charge in [-0.15, -0.1) is 12.1 Å². The fourth-order valence-corrected chi connectivity index (χ4v) is 3.67. The molecular formula is C30H40BrFN6NaS2-. The molecule has 5 rings (SSSR count). The second kappa shape index (κ2) is 21.3. The summed E-state index contributed by atoms with van der Waals surface area (Å²) in [5.74, 6) is 1.58. The van der Waals surface area contributed by atoms with E-state index < -0.39 is 0 Å². The van der Waals surface area contributed by atoms with Gasteiger partial charge in [-0.25, -0.2) is 23.9 Å². The van der Waals surface area contributed by atoms with E-state index in [1.165, 1.54) is 35.4 Å². The molecule has 1 aliphatic heterocycles. The number of aryl methyl sites for hydroxylation is 1. The van der Waals surface area contributed by atoms with Gasteiger partial charge in [0, 0.05) is 42.0 Å². The molecule has 0 saturated heterocycles. The number of hydrogen-bond donors (Lipinski definition) is 1. The minimum Gasteiger partial charge on any atom is -0.787 e. The molecule has 0 bridgehead atoms. The molecule has 218 valence electrons. The van der Waals surface area contributed by atoms with E-state index >= 15 is 0 Å². The van der Waals surface area contributed by atoms with E-state index in [0.29, 0.717) is 0 Å². The van der Waals surface area contributed by atoms with Crippen molar-refractivity contribution < 1.29 is 33.9 Å². The standard InChI is InChI=1S/C17H17BrN6.C6H4F.C4H10S.C2H6.CH4S.Na/c1-2-12-8-19-16(20-9-12)13-3-5-23(6-4-13)17-15-7-14(18)10-24(15)22-11-21-17;7-6-4-2-1-3-5-6;1-4(2,3)5;2*1-2;/h3,7-11H,2,4-6H2,1H3;2-5H;5H,1-3H3;1-2H3;2H,1H3;/q;-1;;;;+1/p-1. The Labute approximate surface area is 286 Å². The van der Waals surface area contributed by atoms with Crippen LogP contribution < -0.4 is 34.5 Å². The summed E-state index contributed by atoms with van der Waals surface area (Å²) in [5, 5.41) is 4.25. The van der Waals surface area contributed by atoms with Crippen LogP contribution in [-0.4, -0.2) is 48.7 Å². The second-order valence-corrected chi connectivity index (χ2v) is 11.2. The van der Waals surface area contributed by atoms with Gasteiger partial charge in [0.25, 0.3) is 0 Å². The molecule has 41 heavy (non-hydrogen) atoms. The summed E-state index contributed by atoms with van der Waals surface area (Å²) in [6, 6.07) is 10.5. The summed E-state index contributed by atoms with van der Waals surface area (Å²) in [4.78, 5) is 15.7. The Bertz CT molecular complexity index is 1280. The van der Waals surface area contributed by atoms with E-state index in [-0.39, 0.29) is 40.1 Å². The van der Waals surface area contributed by atoms with E-state index in [2.05, 4.69) is 72.6 Å². The van der Waals surface area contributed by atoms with E-state index in [0.717, 1.165) is 47.6 Å². The Morgan fingerprint density at radius 3 is 2.15 bits per heavy atom. The maximum atomic E-state index is 11.9. The first-order chi connectivity index (χ1) is 19.1. The Hall–Kier alpha value is -1.43. The van der Waals surface area contributed by atoms with Crippen LogP contribution >= 0.6 is 28.6 Å². The minimum absolute atomic E-state index is 0. The van der Waals surface area contributed by atoms with Gasteiger partial charge in [0.05, 0.1) is 0 Å². The molecule has 4 heterocycles. The van der Waals surface area contributed by atoms with E-state index in [4.69, 9.17) is 12.6 Å². The monoisotopic (exact) mass is 669 g/mol. The van der Waals surface area contributed by atoms with Crippen molar-refractivity contribution in [1.29, 1.82) is 0 Å². The summed E-state index contributed by atoms with van der Waals surface area (Å²) in [6.45, 7) is 13.8. The quantitative estimate of drug-likeness (QED) is 0.148. The molecule has 3 aromatic heterocycles. The molecule has 4 aromatic rings. The molecule has 0 N–H and O–H groups in total. The third-order valence-electron chi connectivity index (χ3n) is 4.94. The number of rotatable bonds is 3. The van der Waals surface area contributed by atoms with Gasteiger partial charge in [-0.2, -0.15) is 40.7 Å². The number of nitrogens with zero attached hydrogens (tertiary/aromatic N) is 6. The molecule has 11 heteroatoms. The van der Waals surface area contributed by atoms with Crippen molar-refractivity contribution in [3.05, 3.63) is 89.1 Å². The van der Waals surface area contributed by atoms with Crippen molar-refractivity contribution in [3.63, 3.8) is 0 Å². The number of halogens is 2. The van der Waals surface area contributed by atoms with Crippen molar-refractivity contribution >= 4 is 58.1 Å². The second-order valence-electron chi connectivity index (χ2n) is 9.10. The molecule has 0 amide bonds. The number of benzene rings is 1. The summed E-state index contributed by atoms with van der Waals surface area (Å²) in [7, 11) is 0. The van der Waals surface area contributed by atoms with Gasteiger partial charge in [0.2, 0.25) is 0 Å². The molecule has 0 fully saturated rings. The molecule has 1 aromatic carbocycles. The maximum absolute atomic E-state index is 11.9. The van der Waals surface area contributed by atoms with Crippen molar-refractivity contribution in [2.45, 2.75) is 59.1 Å². The fraction of sp³-hybridized carbons (Fsp3) is 0.400. The predicted molar refractivity (Wildman–Crippen MR) is 176 cm³/mol. The molecular weight excluding hydrogens is 630 g/mol. The summed E-state index contributed by atoms with van der Waals surface area (Å²) in [6.07, 6.45) is 13.1. The van der Waals surface area contributed by atoms with Crippen LogP contribution in [-0.2, 0) is 19.0 Å². The van der Waals surface area contributed by atoms with E-state index in [1.807, 2.05) is 63.8 Å². The van der Waals surface area contributed by atoms with Gasteiger partial charge in [-0.3, -0.25) is 0 Å². The zero-order valence-corrected chi connectivity index (χ0v) is 30.7.